The Hall–Kier alpha value is -0.950. The van der Waals surface area contributed by atoms with Crippen LogP contribution in [0.15, 0.2) is 36.6 Å². The van der Waals surface area contributed by atoms with E-state index in [2.05, 4.69) is 0 Å². The van der Waals surface area contributed by atoms with Crippen molar-refractivity contribution < 1.29 is 5.11 Å². The van der Waals surface area contributed by atoms with E-state index in [9.17, 15) is 0 Å². The molecule has 2 heteroatoms. The lowest BCUT2D eigenvalue weighted by molar-refractivity contribution is 0.471. The first kappa shape index (κ1) is 8.15. The third-order valence-corrected chi connectivity index (χ3v) is 1.62. The Kier molecular flexibility index (Phi) is 2.99. The predicted molar refractivity (Wildman–Crippen MR) is 46.9 cm³/mol. The molecule has 0 radical (unpaired) electrons. The Morgan fingerprint density at radius 3 is 2.45 bits per heavy atom. The summed E-state index contributed by atoms with van der Waals surface area (Å²) in [4.78, 5) is 0. The van der Waals surface area contributed by atoms with Gasteiger partial charge in [-0.25, -0.2) is 0 Å². The fourth-order valence-electron chi connectivity index (χ4n) is 0.809. The molecule has 0 amide bonds. The standard InChI is InChI=1S/C9H9ClO/c10-9-5-3-8(4-6-9)2-1-7-11/h1,3-7,11H,2H2/b7-1-. The highest BCUT2D eigenvalue weighted by Crippen LogP contribution is 2.09. The summed E-state index contributed by atoms with van der Waals surface area (Å²) in [6.45, 7) is 0. The zero-order valence-electron chi connectivity index (χ0n) is 6.00. The second-order valence-corrected chi connectivity index (χ2v) is 2.65. The number of hydrogen-bond donors (Lipinski definition) is 1. The summed E-state index contributed by atoms with van der Waals surface area (Å²) in [6.07, 6.45) is 3.48. The Balaban J connectivity index is 2.66. The van der Waals surface area contributed by atoms with Gasteiger partial charge in [-0.05, 0) is 30.2 Å². The maximum atomic E-state index is 8.38. The van der Waals surface area contributed by atoms with E-state index < -0.39 is 0 Å². The third kappa shape index (κ3) is 2.64. The second-order valence-electron chi connectivity index (χ2n) is 2.22. The number of rotatable bonds is 2. The van der Waals surface area contributed by atoms with E-state index in [4.69, 9.17) is 16.7 Å². The van der Waals surface area contributed by atoms with Crippen LogP contribution >= 0.6 is 11.6 Å². The Morgan fingerprint density at radius 2 is 1.91 bits per heavy atom. The lowest BCUT2D eigenvalue weighted by Gasteiger charge is -1.94. The van der Waals surface area contributed by atoms with Crippen molar-refractivity contribution in [2.24, 2.45) is 0 Å². The SMILES string of the molecule is O/C=C\Cc1ccc(Cl)cc1. The van der Waals surface area contributed by atoms with Crippen LogP contribution in [0.3, 0.4) is 0 Å². The molecule has 0 spiro atoms. The second kappa shape index (κ2) is 4.04. The number of hydrogen-bond acceptors (Lipinski definition) is 1. The molecule has 11 heavy (non-hydrogen) atoms. The van der Waals surface area contributed by atoms with Crippen LogP contribution < -0.4 is 0 Å². The Labute approximate surface area is 70.9 Å². The van der Waals surface area contributed by atoms with E-state index in [-0.39, 0.29) is 0 Å². The summed E-state index contributed by atoms with van der Waals surface area (Å²) >= 11 is 5.68. The molecule has 0 aromatic heterocycles. The molecule has 1 aromatic carbocycles. The van der Waals surface area contributed by atoms with Gasteiger partial charge in [0.1, 0.15) is 0 Å². The summed E-state index contributed by atoms with van der Waals surface area (Å²) in [5.74, 6) is 0. The smallest absolute Gasteiger partial charge is 0.0755 e. The van der Waals surface area contributed by atoms with E-state index in [1.165, 1.54) is 0 Å². The molecule has 0 saturated carbocycles. The zero-order valence-corrected chi connectivity index (χ0v) is 6.75. The number of benzene rings is 1. The summed E-state index contributed by atoms with van der Waals surface area (Å²) in [5.41, 5.74) is 1.14. The van der Waals surface area contributed by atoms with Crippen LogP contribution in [0.5, 0.6) is 0 Å². The largest absolute Gasteiger partial charge is 0.516 e. The monoisotopic (exact) mass is 168 g/mol. The van der Waals surface area contributed by atoms with Crippen molar-refractivity contribution in [2.45, 2.75) is 6.42 Å². The fraction of sp³-hybridized carbons (Fsp3) is 0.111. The van der Waals surface area contributed by atoms with Gasteiger partial charge >= 0.3 is 0 Å². The minimum absolute atomic E-state index is 0.738. The van der Waals surface area contributed by atoms with Gasteiger partial charge < -0.3 is 5.11 Å². The van der Waals surface area contributed by atoms with Crippen molar-refractivity contribution in [3.05, 3.63) is 47.2 Å². The highest BCUT2D eigenvalue weighted by Gasteiger charge is 1.88. The number of aliphatic hydroxyl groups excluding tert-OH is 1. The van der Waals surface area contributed by atoms with E-state index >= 15 is 0 Å². The van der Waals surface area contributed by atoms with Crippen molar-refractivity contribution in [2.75, 3.05) is 0 Å². The van der Waals surface area contributed by atoms with Crippen molar-refractivity contribution in [1.82, 2.24) is 0 Å². The minimum Gasteiger partial charge on any atom is -0.516 e. The molecule has 0 fully saturated rings. The molecule has 58 valence electrons. The highest BCUT2D eigenvalue weighted by molar-refractivity contribution is 6.30. The van der Waals surface area contributed by atoms with E-state index in [0.29, 0.717) is 0 Å². The van der Waals surface area contributed by atoms with Crippen molar-refractivity contribution >= 4 is 11.6 Å². The van der Waals surface area contributed by atoms with Gasteiger partial charge in [-0.3, -0.25) is 0 Å². The third-order valence-electron chi connectivity index (χ3n) is 1.37. The first-order chi connectivity index (χ1) is 5.33. The summed E-state index contributed by atoms with van der Waals surface area (Å²) in [7, 11) is 0. The van der Waals surface area contributed by atoms with Crippen LogP contribution in [0.25, 0.3) is 0 Å². The van der Waals surface area contributed by atoms with Gasteiger partial charge in [0.25, 0.3) is 0 Å². The molecule has 0 heterocycles. The molecule has 0 aliphatic rings. The number of aliphatic hydroxyl groups is 1. The average molecular weight is 169 g/mol. The average Bonchev–Trinajstić information content (AvgIpc) is 2.04. The van der Waals surface area contributed by atoms with E-state index in [1.54, 1.807) is 6.08 Å². The van der Waals surface area contributed by atoms with Gasteiger partial charge in [-0.2, -0.15) is 0 Å². The van der Waals surface area contributed by atoms with Gasteiger partial charge in [0.2, 0.25) is 0 Å². The molecular formula is C9H9ClO. The number of halogens is 1. The molecule has 0 saturated heterocycles. The summed E-state index contributed by atoms with van der Waals surface area (Å²) < 4.78 is 0. The van der Waals surface area contributed by atoms with Crippen LogP contribution in [0.4, 0.5) is 0 Å². The molecule has 1 nitrogen and oxygen atoms in total. The molecule has 1 N–H and O–H groups in total. The molecule has 0 unspecified atom stereocenters. The molecule has 1 aromatic rings. The molecule has 1 rings (SSSR count). The lowest BCUT2D eigenvalue weighted by atomic mass is 10.1. The van der Waals surface area contributed by atoms with Crippen LogP contribution in [-0.4, -0.2) is 5.11 Å². The summed E-state index contributed by atoms with van der Waals surface area (Å²) in [6, 6.07) is 7.54. The first-order valence-electron chi connectivity index (χ1n) is 3.36. The normalized spacial score (nSPS) is 10.6. The highest BCUT2D eigenvalue weighted by atomic mass is 35.5. The maximum absolute atomic E-state index is 8.38. The van der Waals surface area contributed by atoms with Gasteiger partial charge in [0.15, 0.2) is 0 Å². The molecule has 0 aliphatic carbocycles. The van der Waals surface area contributed by atoms with Crippen molar-refractivity contribution in [3.63, 3.8) is 0 Å². The molecule has 0 aliphatic heterocycles. The van der Waals surface area contributed by atoms with E-state index in [0.717, 1.165) is 23.3 Å². The Morgan fingerprint density at radius 1 is 1.27 bits per heavy atom. The fourth-order valence-corrected chi connectivity index (χ4v) is 0.935. The zero-order chi connectivity index (χ0) is 8.10. The van der Waals surface area contributed by atoms with Crippen LogP contribution in [-0.2, 0) is 6.42 Å². The lowest BCUT2D eigenvalue weighted by Crippen LogP contribution is -1.78. The molecule has 0 bridgehead atoms. The minimum atomic E-state index is 0.738. The number of allylic oxidation sites excluding steroid dienone is 1. The predicted octanol–water partition coefficient (Wildman–Crippen LogP) is 2.95. The van der Waals surface area contributed by atoms with Gasteiger partial charge in [-0.1, -0.05) is 23.7 Å². The van der Waals surface area contributed by atoms with Gasteiger partial charge in [0.05, 0.1) is 6.26 Å². The van der Waals surface area contributed by atoms with Gasteiger partial charge in [-0.15, -0.1) is 0 Å². The van der Waals surface area contributed by atoms with Crippen molar-refractivity contribution in [1.29, 1.82) is 0 Å². The summed E-state index contributed by atoms with van der Waals surface area (Å²) in [5, 5.41) is 9.11. The Bertz CT molecular complexity index is 238. The van der Waals surface area contributed by atoms with Crippen LogP contribution in [0, 0.1) is 0 Å². The van der Waals surface area contributed by atoms with Gasteiger partial charge in [0, 0.05) is 5.02 Å². The maximum Gasteiger partial charge on any atom is 0.0755 e. The topological polar surface area (TPSA) is 20.2 Å². The van der Waals surface area contributed by atoms with Crippen LogP contribution in [0.2, 0.25) is 5.02 Å². The van der Waals surface area contributed by atoms with Crippen LogP contribution in [0.1, 0.15) is 5.56 Å². The first-order valence-corrected chi connectivity index (χ1v) is 3.74. The van der Waals surface area contributed by atoms with Crippen molar-refractivity contribution in [3.8, 4) is 0 Å². The molecular weight excluding hydrogens is 160 g/mol. The van der Waals surface area contributed by atoms with E-state index in [1.807, 2.05) is 24.3 Å². The quantitative estimate of drug-likeness (QED) is 0.674. The molecule has 0 atom stereocenters.